The van der Waals surface area contributed by atoms with Gasteiger partial charge in [0.05, 0.1) is 17.1 Å². The van der Waals surface area contributed by atoms with Crippen LogP contribution in [0.4, 0.5) is 11.5 Å². The summed E-state index contributed by atoms with van der Waals surface area (Å²) < 4.78 is 6.07. The van der Waals surface area contributed by atoms with Gasteiger partial charge >= 0.3 is 0 Å². The van der Waals surface area contributed by atoms with E-state index in [1.165, 1.54) is 25.5 Å². The van der Waals surface area contributed by atoms with Crippen LogP contribution in [0.3, 0.4) is 0 Å². The molecular weight excluding hydrogens is 270 g/mol. The Balaban J connectivity index is 1.80. The molecule has 1 saturated heterocycles. The van der Waals surface area contributed by atoms with Crippen molar-refractivity contribution in [3.05, 3.63) is 27.9 Å². The first-order valence-corrected chi connectivity index (χ1v) is 7.60. The molecule has 6 nitrogen and oxygen atoms in total. The van der Waals surface area contributed by atoms with Crippen LogP contribution in [0.1, 0.15) is 37.7 Å². The molecule has 1 aliphatic carbocycles. The number of pyridine rings is 1. The smallest absolute Gasteiger partial charge is 0.290 e. The Labute approximate surface area is 124 Å². The van der Waals surface area contributed by atoms with E-state index in [4.69, 9.17) is 4.74 Å². The van der Waals surface area contributed by atoms with Gasteiger partial charge in [-0.05, 0) is 25.8 Å². The molecule has 0 unspecified atom stereocenters. The molecule has 6 heteroatoms. The molecule has 2 heterocycles. The van der Waals surface area contributed by atoms with Crippen molar-refractivity contribution in [2.24, 2.45) is 0 Å². The molecule has 2 fully saturated rings. The van der Waals surface area contributed by atoms with E-state index in [1.807, 2.05) is 6.07 Å². The summed E-state index contributed by atoms with van der Waals surface area (Å²) in [4.78, 5) is 17.0. The number of morpholine rings is 1. The monoisotopic (exact) mass is 291 g/mol. The first-order chi connectivity index (χ1) is 10.1. The SMILES string of the molecule is Cc1cc(N2CCOC3(CCCCC3)C2)ncc1[N+](=O)[O-]. The third kappa shape index (κ3) is 2.85. The van der Waals surface area contributed by atoms with Gasteiger partial charge in [-0.25, -0.2) is 4.98 Å². The van der Waals surface area contributed by atoms with Crippen molar-refractivity contribution < 1.29 is 9.66 Å². The van der Waals surface area contributed by atoms with Crippen LogP contribution in [0.15, 0.2) is 12.3 Å². The van der Waals surface area contributed by atoms with Crippen LogP contribution in [0.25, 0.3) is 0 Å². The molecule has 1 aromatic heterocycles. The molecule has 3 rings (SSSR count). The number of aryl methyl sites for hydroxylation is 1. The summed E-state index contributed by atoms with van der Waals surface area (Å²) in [5.41, 5.74) is 0.710. The number of aromatic nitrogens is 1. The Kier molecular flexibility index (Phi) is 3.80. The lowest BCUT2D eigenvalue weighted by Crippen LogP contribution is -2.53. The summed E-state index contributed by atoms with van der Waals surface area (Å²) in [6.45, 7) is 4.11. The quantitative estimate of drug-likeness (QED) is 0.619. The largest absolute Gasteiger partial charge is 0.371 e. The number of nitro groups is 1. The van der Waals surface area contributed by atoms with Crippen molar-refractivity contribution in [3.63, 3.8) is 0 Å². The molecule has 21 heavy (non-hydrogen) atoms. The summed E-state index contributed by atoms with van der Waals surface area (Å²) in [5, 5.41) is 10.9. The summed E-state index contributed by atoms with van der Waals surface area (Å²) in [5.74, 6) is 0.825. The van der Waals surface area contributed by atoms with Crippen LogP contribution < -0.4 is 4.90 Å². The van der Waals surface area contributed by atoms with Gasteiger partial charge in [-0.15, -0.1) is 0 Å². The maximum atomic E-state index is 10.9. The molecule has 1 aliphatic heterocycles. The Bertz CT molecular complexity index is 535. The Morgan fingerprint density at radius 1 is 1.38 bits per heavy atom. The molecule has 114 valence electrons. The zero-order valence-electron chi connectivity index (χ0n) is 12.4. The van der Waals surface area contributed by atoms with E-state index in [0.29, 0.717) is 12.2 Å². The number of anilines is 1. The second kappa shape index (κ2) is 5.60. The molecule has 0 atom stereocenters. The van der Waals surface area contributed by atoms with E-state index in [1.54, 1.807) is 6.92 Å². The van der Waals surface area contributed by atoms with Crippen molar-refractivity contribution in [2.45, 2.75) is 44.6 Å². The zero-order chi connectivity index (χ0) is 14.9. The lowest BCUT2D eigenvalue weighted by Gasteiger charge is -2.45. The molecule has 2 aliphatic rings. The van der Waals surface area contributed by atoms with Gasteiger partial charge in [-0.3, -0.25) is 10.1 Å². The minimum absolute atomic E-state index is 0.0339. The summed E-state index contributed by atoms with van der Waals surface area (Å²) in [7, 11) is 0. The highest BCUT2D eigenvalue weighted by molar-refractivity contribution is 5.49. The Hall–Kier alpha value is -1.69. The average molecular weight is 291 g/mol. The lowest BCUT2D eigenvalue weighted by molar-refractivity contribution is -0.385. The van der Waals surface area contributed by atoms with Crippen LogP contribution in [0.2, 0.25) is 0 Å². The molecule has 0 aromatic carbocycles. The van der Waals surface area contributed by atoms with Crippen molar-refractivity contribution in [1.82, 2.24) is 4.98 Å². The van der Waals surface area contributed by atoms with E-state index in [2.05, 4.69) is 9.88 Å². The van der Waals surface area contributed by atoms with Crippen molar-refractivity contribution in [2.75, 3.05) is 24.6 Å². The summed E-state index contributed by atoms with van der Waals surface area (Å²) >= 11 is 0. The number of hydrogen-bond acceptors (Lipinski definition) is 5. The third-order valence-electron chi connectivity index (χ3n) is 4.60. The van der Waals surface area contributed by atoms with E-state index in [-0.39, 0.29) is 16.2 Å². The van der Waals surface area contributed by atoms with Gasteiger partial charge in [-0.2, -0.15) is 0 Å². The molecule has 0 radical (unpaired) electrons. The Morgan fingerprint density at radius 3 is 2.81 bits per heavy atom. The second-order valence-corrected chi connectivity index (χ2v) is 6.10. The zero-order valence-corrected chi connectivity index (χ0v) is 12.4. The van der Waals surface area contributed by atoms with E-state index in [9.17, 15) is 10.1 Å². The van der Waals surface area contributed by atoms with Gasteiger partial charge in [0, 0.05) is 18.7 Å². The van der Waals surface area contributed by atoms with Gasteiger partial charge in [0.25, 0.3) is 5.69 Å². The molecule has 0 N–H and O–H groups in total. The lowest BCUT2D eigenvalue weighted by atomic mass is 9.83. The van der Waals surface area contributed by atoms with E-state index in [0.717, 1.165) is 31.7 Å². The number of nitrogens with zero attached hydrogens (tertiary/aromatic N) is 3. The standard InChI is InChI=1S/C15H21N3O3/c1-12-9-14(16-10-13(12)18(19)20)17-7-8-21-15(11-17)5-3-2-4-6-15/h9-10H,2-8,11H2,1H3. The van der Waals surface area contributed by atoms with Gasteiger partial charge in [-0.1, -0.05) is 19.3 Å². The van der Waals surface area contributed by atoms with Gasteiger partial charge in [0.2, 0.25) is 0 Å². The van der Waals surface area contributed by atoms with E-state index < -0.39 is 0 Å². The molecule has 1 saturated carbocycles. The van der Waals surface area contributed by atoms with Gasteiger partial charge in [0.1, 0.15) is 12.0 Å². The average Bonchev–Trinajstić information content (AvgIpc) is 2.47. The molecule has 0 amide bonds. The first kappa shape index (κ1) is 14.3. The molecule has 0 bridgehead atoms. The maximum Gasteiger partial charge on any atom is 0.290 e. The first-order valence-electron chi connectivity index (χ1n) is 7.60. The van der Waals surface area contributed by atoms with Crippen LogP contribution in [-0.4, -0.2) is 35.2 Å². The molecular formula is C15H21N3O3. The second-order valence-electron chi connectivity index (χ2n) is 6.10. The highest BCUT2D eigenvalue weighted by atomic mass is 16.6. The van der Waals surface area contributed by atoms with Crippen molar-refractivity contribution in [3.8, 4) is 0 Å². The van der Waals surface area contributed by atoms with Gasteiger partial charge < -0.3 is 9.64 Å². The topological polar surface area (TPSA) is 68.5 Å². The summed E-state index contributed by atoms with van der Waals surface area (Å²) in [6.07, 6.45) is 7.32. The Morgan fingerprint density at radius 2 is 2.14 bits per heavy atom. The van der Waals surface area contributed by atoms with Crippen molar-refractivity contribution in [1.29, 1.82) is 0 Å². The molecule has 1 aromatic rings. The molecule has 1 spiro atoms. The predicted molar refractivity (Wildman–Crippen MR) is 79.6 cm³/mol. The van der Waals surface area contributed by atoms with Crippen LogP contribution in [0, 0.1) is 17.0 Å². The summed E-state index contributed by atoms with van der Waals surface area (Å²) in [6, 6.07) is 1.82. The van der Waals surface area contributed by atoms with E-state index >= 15 is 0 Å². The maximum absolute atomic E-state index is 10.9. The van der Waals surface area contributed by atoms with Crippen LogP contribution in [0.5, 0.6) is 0 Å². The van der Waals surface area contributed by atoms with Crippen LogP contribution in [-0.2, 0) is 4.74 Å². The van der Waals surface area contributed by atoms with Crippen molar-refractivity contribution >= 4 is 11.5 Å². The van der Waals surface area contributed by atoms with Gasteiger partial charge in [0.15, 0.2) is 0 Å². The highest BCUT2D eigenvalue weighted by Crippen LogP contribution is 2.35. The minimum Gasteiger partial charge on any atom is -0.371 e. The number of rotatable bonds is 2. The normalized spacial score (nSPS) is 21.5. The fourth-order valence-corrected chi connectivity index (χ4v) is 3.44. The third-order valence-corrected chi connectivity index (χ3v) is 4.60. The number of hydrogen-bond donors (Lipinski definition) is 0. The van der Waals surface area contributed by atoms with Crippen LogP contribution >= 0.6 is 0 Å². The minimum atomic E-state index is -0.381. The fraction of sp³-hybridized carbons (Fsp3) is 0.667. The fourth-order valence-electron chi connectivity index (χ4n) is 3.44. The highest BCUT2D eigenvalue weighted by Gasteiger charge is 2.38. The number of ether oxygens (including phenoxy) is 1. The predicted octanol–water partition coefficient (Wildman–Crippen LogP) is 2.84.